The highest BCUT2D eigenvalue weighted by molar-refractivity contribution is 14.1. The second kappa shape index (κ2) is 7.57. The van der Waals surface area contributed by atoms with E-state index < -0.39 is 30.1 Å². The van der Waals surface area contributed by atoms with Crippen LogP contribution in [0.4, 0.5) is 4.79 Å². The molecule has 0 bridgehead atoms. The van der Waals surface area contributed by atoms with E-state index >= 15 is 0 Å². The zero-order valence-electron chi connectivity index (χ0n) is 12.9. The van der Waals surface area contributed by atoms with Crippen LogP contribution in [-0.4, -0.2) is 42.1 Å². The van der Waals surface area contributed by atoms with Crippen LogP contribution < -0.4 is 0 Å². The van der Waals surface area contributed by atoms with Crippen LogP contribution in [-0.2, 0) is 14.3 Å². The molecule has 0 fully saturated rings. The maximum absolute atomic E-state index is 12.6. The fraction of sp³-hybridized carbons (Fsp3) is 0.400. The summed E-state index contributed by atoms with van der Waals surface area (Å²) in [5.41, 5.74) is -0.465. The Bertz CT molecular complexity index is 580. The normalized spacial score (nSPS) is 10.8. The van der Waals surface area contributed by atoms with Gasteiger partial charge in [0.2, 0.25) is 0 Å². The quantitative estimate of drug-likeness (QED) is 0.557. The Morgan fingerprint density at radius 3 is 2.27 bits per heavy atom. The Hall–Kier alpha value is -1.64. The molecule has 0 aliphatic rings. The van der Waals surface area contributed by atoms with Crippen LogP contribution >= 0.6 is 22.6 Å². The van der Waals surface area contributed by atoms with Gasteiger partial charge in [0.15, 0.2) is 0 Å². The monoisotopic (exact) mass is 419 g/mol. The molecule has 1 aromatic carbocycles. The second-order valence-corrected chi connectivity index (χ2v) is 6.59. The summed E-state index contributed by atoms with van der Waals surface area (Å²) in [5, 5.41) is 0. The Morgan fingerprint density at radius 2 is 1.77 bits per heavy atom. The van der Waals surface area contributed by atoms with Gasteiger partial charge in [-0.05, 0) is 55.5 Å². The van der Waals surface area contributed by atoms with Crippen molar-refractivity contribution in [2.75, 3.05) is 13.7 Å². The first-order valence-electron chi connectivity index (χ1n) is 6.52. The minimum absolute atomic E-state index is 0.317. The number of imide groups is 1. The van der Waals surface area contributed by atoms with Crippen molar-refractivity contribution in [3.05, 3.63) is 33.4 Å². The maximum Gasteiger partial charge on any atom is 0.417 e. The predicted octanol–water partition coefficient (Wildman–Crippen LogP) is 2.84. The summed E-state index contributed by atoms with van der Waals surface area (Å²) in [6, 6.07) is 6.77. The molecule has 7 heteroatoms. The fourth-order valence-electron chi connectivity index (χ4n) is 1.51. The first kappa shape index (κ1) is 18.4. The highest BCUT2D eigenvalue weighted by Gasteiger charge is 2.30. The molecular formula is C15H18INO5. The van der Waals surface area contributed by atoms with Crippen LogP contribution in [0.3, 0.4) is 0 Å². The molecular weight excluding hydrogens is 401 g/mol. The lowest BCUT2D eigenvalue weighted by atomic mass is 10.2. The van der Waals surface area contributed by atoms with Crippen LogP contribution in [0.15, 0.2) is 24.3 Å². The van der Waals surface area contributed by atoms with E-state index in [2.05, 4.69) is 4.74 Å². The van der Waals surface area contributed by atoms with E-state index in [4.69, 9.17) is 4.74 Å². The van der Waals surface area contributed by atoms with Gasteiger partial charge < -0.3 is 9.47 Å². The lowest BCUT2D eigenvalue weighted by Crippen LogP contribution is -2.44. The van der Waals surface area contributed by atoms with Gasteiger partial charge >= 0.3 is 12.1 Å². The van der Waals surface area contributed by atoms with Crippen molar-refractivity contribution in [2.24, 2.45) is 0 Å². The molecule has 0 spiro atoms. The number of rotatable bonds is 3. The summed E-state index contributed by atoms with van der Waals surface area (Å²) >= 11 is 1.99. The summed E-state index contributed by atoms with van der Waals surface area (Å²) in [7, 11) is 1.19. The lowest BCUT2D eigenvalue weighted by molar-refractivity contribution is -0.141. The van der Waals surface area contributed by atoms with Gasteiger partial charge in [-0.25, -0.2) is 9.69 Å². The van der Waals surface area contributed by atoms with Crippen molar-refractivity contribution in [2.45, 2.75) is 26.4 Å². The molecule has 22 heavy (non-hydrogen) atoms. The zero-order chi connectivity index (χ0) is 16.9. The van der Waals surface area contributed by atoms with E-state index in [0.29, 0.717) is 9.13 Å². The minimum Gasteiger partial charge on any atom is -0.468 e. The van der Waals surface area contributed by atoms with Crippen LogP contribution in [0.25, 0.3) is 0 Å². The topological polar surface area (TPSA) is 72.9 Å². The Kier molecular flexibility index (Phi) is 6.34. The minimum atomic E-state index is -0.887. The van der Waals surface area contributed by atoms with E-state index in [1.807, 2.05) is 22.6 Å². The summed E-state index contributed by atoms with van der Waals surface area (Å²) in [4.78, 5) is 37.0. The molecule has 6 nitrogen and oxygen atoms in total. The van der Waals surface area contributed by atoms with Gasteiger partial charge in [0.05, 0.1) is 12.7 Å². The van der Waals surface area contributed by atoms with Gasteiger partial charge in [0.25, 0.3) is 5.91 Å². The molecule has 0 N–H and O–H groups in total. The third-order valence-electron chi connectivity index (χ3n) is 2.48. The average Bonchev–Trinajstić information content (AvgIpc) is 2.42. The lowest BCUT2D eigenvalue weighted by Gasteiger charge is -2.25. The molecule has 0 aromatic heterocycles. The second-order valence-electron chi connectivity index (χ2n) is 5.43. The number of amides is 2. The largest absolute Gasteiger partial charge is 0.468 e. The first-order chi connectivity index (χ1) is 10.2. The van der Waals surface area contributed by atoms with Gasteiger partial charge in [-0.15, -0.1) is 0 Å². The summed E-state index contributed by atoms with van der Waals surface area (Å²) in [6.45, 7) is 4.53. The standard InChI is InChI=1S/C15H18INO5/c1-15(2,3)22-14(20)17(9-12(18)21-4)13(19)10-7-5-6-8-11(10)16/h5-8H,9H2,1-4H3. The molecule has 0 saturated heterocycles. The molecule has 1 rings (SSSR count). The van der Waals surface area contributed by atoms with Crippen molar-refractivity contribution in [3.8, 4) is 0 Å². The molecule has 120 valence electrons. The molecule has 1 aromatic rings. The van der Waals surface area contributed by atoms with Crippen LogP contribution in [0.5, 0.6) is 0 Å². The molecule has 0 heterocycles. The van der Waals surface area contributed by atoms with Gasteiger partial charge in [-0.1, -0.05) is 12.1 Å². The van der Waals surface area contributed by atoms with Crippen molar-refractivity contribution in [3.63, 3.8) is 0 Å². The fourth-order valence-corrected chi connectivity index (χ4v) is 2.13. The van der Waals surface area contributed by atoms with Gasteiger partial charge in [0.1, 0.15) is 12.1 Å². The van der Waals surface area contributed by atoms with Gasteiger partial charge in [-0.3, -0.25) is 9.59 Å². The predicted molar refractivity (Wildman–Crippen MR) is 88.4 cm³/mol. The van der Waals surface area contributed by atoms with Gasteiger partial charge in [-0.2, -0.15) is 0 Å². The number of ether oxygens (including phenoxy) is 2. The number of halogens is 1. The zero-order valence-corrected chi connectivity index (χ0v) is 15.0. The Balaban J connectivity index is 3.09. The Labute approximate surface area is 142 Å². The summed E-state index contributed by atoms with van der Waals surface area (Å²) in [6.07, 6.45) is -0.887. The number of esters is 1. The van der Waals surface area contributed by atoms with E-state index in [9.17, 15) is 14.4 Å². The van der Waals surface area contributed by atoms with Crippen molar-refractivity contribution < 1.29 is 23.9 Å². The van der Waals surface area contributed by atoms with Crippen molar-refractivity contribution in [1.29, 1.82) is 0 Å². The molecule has 0 atom stereocenters. The third kappa shape index (κ3) is 5.28. The summed E-state index contributed by atoms with van der Waals surface area (Å²) in [5.74, 6) is -1.31. The van der Waals surface area contributed by atoms with Crippen LogP contribution in [0, 0.1) is 3.57 Å². The number of carbonyl (C=O) groups is 3. The van der Waals surface area contributed by atoms with Crippen LogP contribution in [0.1, 0.15) is 31.1 Å². The van der Waals surface area contributed by atoms with E-state index in [1.54, 1.807) is 45.0 Å². The number of nitrogens with zero attached hydrogens (tertiary/aromatic N) is 1. The number of benzene rings is 1. The highest BCUT2D eigenvalue weighted by Crippen LogP contribution is 2.17. The smallest absolute Gasteiger partial charge is 0.417 e. The molecule has 0 aliphatic heterocycles. The van der Waals surface area contributed by atoms with Crippen molar-refractivity contribution >= 4 is 40.6 Å². The Morgan fingerprint density at radius 1 is 1.18 bits per heavy atom. The third-order valence-corrected chi connectivity index (χ3v) is 3.42. The van der Waals surface area contributed by atoms with Crippen LogP contribution in [0.2, 0.25) is 0 Å². The molecule has 0 unspecified atom stereocenters. The van der Waals surface area contributed by atoms with Gasteiger partial charge in [0, 0.05) is 3.57 Å². The number of hydrogen-bond acceptors (Lipinski definition) is 5. The number of hydrogen-bond donors (Lipinski definition) is 0. The molecule has 2 amide bonds. The number of carbonyl (C=O) groups excluding carboxylic acids is 3. The summed E-state index contributed by atoms with van der Waals surface area (Å²) < 4.78 is 10.4. The molecule has 0 saturated carbocycles. The average molecular weight is 419 g/mol. The number of methoxy groups -OCH3 is 1. The van der Waals surface area contributed by atoms with E-state index in [-0.39, 0.29) is 0 Å². The SMILES string of the molecule is COC(=O)CN(C(=O)OC(C)(C)C)C(=O)c1ccccc1I. The molecule has 0 radical (unpaired) electrons. The highest BCUT2D eigenvalue weighted by atomic mass is 127. The molecule has 0 aliphatic carbocycles. The van der Waals surface area contributed by atoms with E-state index in [0.717, 1.165) is 4.90 Å². The van der Waals surface area contributed by atoms with Crippen molar-refractivity contribution in [1.82, 2.24) is 4.90 Å². The van der Waals surface area contributed by atoms with E-state index in [1.165, 1.54) is 7.11 Å². The first-order valence-corrected chi connectivity index (χ1v) is 7.60. The maximum atomic E-state index is 12.6.